The van der Waals surface area contributed by atoms with Crippen LogP contribution in [0.5, 0.6) is 0 Å². The van der Waals surface area contributed by atoms with Crippen molar-refractivity contribution in [3.8, 4) is 0 Å². The van der Waals surface area contributed by atoms with Crippen molar-refractivity contribution < 1.29 is 13.2 Å². The molecule has 32 heavy (non-hydrogen) atoms. The van der Waals surface area contributed by atoms with E-state index in [2.05, 4.69) is 0 Å². The first-order valence-corrected chi connectivity index (χ1v) is 12.2. The van der Waals surface area contributed by atoms with Gasteiger partial charge in [-0.15, -0.1) is 0 Å². The molecule has 1 heterocycles. The number of halogens is 1. The maximum atomic E-state index is 13.3. The lowest BCUT2D eigenvalue weighted by Crippen LogP contribution is -2.29. The number of carbonyl (C=O) groups excluding carboxylic acids is 1. The lowest BCUT2D eigenvalue weighted by atomic mass is 10.2. The van der Waals surface area contributed by atoms with Crippen LogP contribution in [0.1, 0.15) is 11.1 Å². The van der Waals surface area contributed by atoms with Crippen molar-refractivity contribution in [2.45, 2.75) is 24.1 Å². The fraction of sp³-hybridized carbons (Fsp3) is 0.160. The SMILES string of the molecule is Cc1cccc(N(C)C(=O)Cn2cc(S(=O)(=O)Cc3ccc(Cl)cc3)c3ccccc32)c1. The lowest BCUT2D eigenvalue weighted by Gasteiger charge is -2.18. The van der Waals surface area contributed by atoms with Gasteiger partial charge in [0, 0.05) is 34.9 Å². The molecule has 0 bridgehead atoms. The predicted molar refractivity (Wildman–Crippen MR) is 129 cm³/mol. The molecule has 164 valence electrons. The highest BCUT2D eigenvalue weighted by Crippen LogP contribution is 2.28. The summed E-state index contributed by atoms with van der Waals surface area (Å²) in [7, 11) is -1.91. The van der Waals surface area contributed by atoms with Crippen LogP contribution in [0.2, 0.25) is 5.02 Å². The number of para-hydroxylation sites is 1. The van der Waals surface area contributed by atoms with Gasteiger partial charge in [-0.2, -0.15) is 0 Å². The largest absolute Gasteiger partial charge is 0.337 e. The fourth-order valence-corrected chi connectivity index (χ4v) is 5.41. The quantitative estimate of drug-likeness (QED) is 0.390. The van der Waals surface area contributed by atoms with E-state index in [0.29, 0.717) is 21.5 Å². The lowest BCUT2D eigenvalue weighted by molar-refractivity contribution is -0.118. The summed E-state index contributed by atoms with van der Waals surface area (Å²) in [6.45, 7) is 2.00. The Balaban J connectivity index is 1.67. The van der Waals surface area contributed by atoms with Crippen LogP contribution >= 0.6 is 11.6 Å². The number of aromatic nitrogens is 1. The van der Waals surface area contributed by atoms with Gasteiger partial charge in [-0.25, -0.2) is 8.42 Å². The van der Waals surface area contributed by atoms with Gasteiger partial charge in [0.2, 0.25) is 5.91 Å². The second kappa shape index (κ2) is 8.81. The standard InChI is InChI=1S/C25H23ClN2O3S/c1-18-6-5-7-21(14-18)27(2)25(29)16-28-15-24(22-8-3-4-9-23(22)28)32(30,31)17-19-10-12-20(26)13-11-19/h3-15H,16-17H2,1-2H3. The molecular formula is C25H23ClN2O3S. The van der Waals surface area contributed by atoms with E-state index in [1.807, 2.05) is 43.3 Å². The van der Waals surface area contributed by atoms with Crippen LogP contribution in [-0.4, -0.2) is 25.9 Å². The van der Waals surface area contributed by atoms with Crippen molar-refractivity contribution in [3.63, 3.8) is 0 Å². The molecule has 0 aliphatic rings. The first kappa shape index (κ1) is 22.1. The molecule has 4 aromatic rings. The van der Waals surface area contributed by atoms with Gasteiger partial charge in [0.25, 0.3) is 0 Å². The number of hydrogen-bond acceptors (Lipinski definition) is 3. The van der Waals surface area contributed by atoms with Crippen molar-refractivity contribution >= 4 is 43.9 Å². The molecule has 0 spiro atoms. The zero-order valence-electron chi connectivity index (χ0n) is 17.8. The van der Waals surface area contributed by atoms with Crippen LogP contribution in [0.25, 0.3) is 10.9 Å². The van der Waals surface area contributed by atoms with E-state index >= 15 is 0 Å². The molecule has 1 amide bonds. The van der Waals surface area contributed by atoms with Crippen LogP contribution in [0.3, 0.4) is 0 Å². The summed E-state index contributed by atoms with van der Waals surface area (Å²) in [5.41, 5.74) is 3.21. The molecule has 0 saturated heterocycles. The second-order valence-corrected chi connectivity index (χ2v) is 10.2. The Morgan fingerprint density at radius 2 is 1.72 bits per heavy atom. The van der Waals surface area contributed by atoms with E-state index in [1.54, 1.807) is 59.1 Å². The van der Waals surface area contributed by atoms with Crippen LogP contribution in [0.15, 0.2) is 83.9 Å². The van der Waals surface area contributed by atoms with Crippen molar-refractivity contribution in [2.75, 3.05) is 11.9 Å². The number of fused-ring (bicyclic) bond motifs is 1. The van der Waals surface area contributed by atoms with Crippen LogP contribution in [0.4, 0.5) is 5.69 Å². The summed E-state index contributed by atoms with van der Waals surface area (Å²) in [5, 5.41) is 1.16. The molecule has 0 aliphatic carbocycles. The molecule has 0 unspecified atom stereocenters. The predicted octanol–water partition coefficient (Wildman–Crippen LogP) is 5.24. The number of nitrogens with zero attached hydrogens (tertiary/aromatic N) is 2. The Labute approximate surface area is 192 Å². The van der Waals surface area contributed by atoms with Gasteiger partial charge in [0.1, 0.15) is 6.54 Å². The number of rotatable bonds is 6. The number of carbonyl (C=O) groups is 1. The first-order chi connectivity index (χ1) is 15.2. The minimum Gasteiger partial charge on any atom is -0.337 e. The zero-order chi connectivity index (χ0) is 22.9. The number of anilines is 1. The third-order valence-corrected chi connectivity index (χ3v) is 7.39. The van der Waals surface area contributed by atoms with Crippen molar-refractivity contribution in [2.24, 2.45) is 0 Å². The zero-order valence-corrected chi connectivity index (χ0v) is 19.4. The number of amides is 1. The Hall–Kier alpha value is -3.09. The van der Waals surface area contributed by atoms with E-state index in [1.165, 1.54) is 0 Å². The highest BCUT2D eigenvalue weighted by Gasteiger charge is 2.23. The number of sulfone groups is 1. The van der Waals surface area contributed by atoms with E-state index in [4.69, 9.17) is 11.6 Å². The van der Waals surface area contributed by atoms with Gasteiger partial charge in [-0.1, -0.05) is 54.1 Å². The molecule has 4 rings (SSSR count). The van der Waals surface area contributed by atoms with Gasteiger partial charge in [0.15, 0.2) is 9.84 Å². The normalized spacial score (nSPS) is 11.6. The molecule has 0 atom stereocenters. The topological polar surface area (TPSA) is 59.4 Å². The van der Waals surface area contributed by atoms with Gasteiger partial charge < -0.3 is 9.47 Å². The number of aryl methyl sites for hydroxylation is 1. The molecular weight excluding hydrogens is 444 g/mol. The number of hydrogen-bond donors (Lipinski definition) is 0. The highest BCUT2D eigenvalue weighted by atomic mass is 35.5. The van der Waals surface area contributed by atoms with Crippen molar-refractivity contribution in [3.05, 3.63) is 95.1 Å². The van der Waals surface area contributed by atoms with E-state index in [0.717, 1.165) is 11.3 Å². The molecule has 0 N–H and O–H groups in total. The van der Waals surface area contributed by atoms with Gasteiger partial charge in [-0.05, 0) is 48.4 Å². The molecule has 0 saturated carbocycles. The highest BCUT2D eigenvalue weighted by molar-refractivity contribution is 7.90. The molecule has 0 aliphatic heterocycles. The molecule has 3 aromatic carbocycles. The fourth-order valence-electron chi connectivity index (χ4n) is 3.70. The smallest absolute Gasteiger partial charge is 0.246 e. The number of likely N-dealkylation sites (N-methyl/N-ethyl adjacent to an activating group) is 1. The van der Waals surface area contributed by atoms with Crippen molar-refractivity contribution in [1.29, 1.82) is 0 Å². The second-order valence-electron chi connectivity index (χ2n) is 7.82. The Kier molecular flexibility index (Phi) is 6.09. The minimum absolute atomic E-state index is 0.0292. The van der Waals surface area contributed by atoms with E-state index in [9.17, 15) is 13.2 Å². The number of benzene rings is 3. The maximum absolute atomic E-state index is 13.3. The van der Waals surface area contributed by atoms with E-state index < -0.39 is 9.84 Å². The third kappa shape index (κ3) is 4.56. The van der Waals surface area contributed by atoms with Gasteiger partial charge >= 0.3 is 0 Å². The summed E-state index contributed by atoms with van der Waals surface area (Å²) in [4.78, 5) is 14.8. The van der Waals surface area contributed by atoms with Gasteiger partial charge in [-0.3, -0.25) is 4.79 Å². The van der Waals surface area contributed by atoms with Crippen LogP contribution < -0.4 is 4.90 Å². The van der Waals surface area contributed by atoms with Gasteiger partial charge in [0.05, 0.1) is 10.6 Å². The summed E-state index contributed by atoms with van der Waals surface area (Å²) >= 11 is 5.92. The average molecular weight is 467 g/mol. The molecule has 7 heteroatoms. The minimum atomic E-state index is -3.63. The van der Waals surface area contributed by atoms with Crippen LogP contribution in [-0.2, 0) is 26.9 Å². The third-order valence-electron chi connectivity index (χ3n) is 5.43. The first-order valence-electron chi connectivity index (χ1n) is 10.1. The summed E-state index contributed by atoms with van der Waals surface area (Å²) in [6.07, 6.45) is 1.57. The van der Waals surface area contributed by atoms with Crippen molar-refractivity contribution in [1.82, 2.24) is 4.57 Å². The van der Waals surface area contributed by atoms with Crippen LogP contribution in [0, 0.1) is 6.92 Å². The monoisotopic (exact) mass is 466 g/mol. The summed E-state index contributed by atoms with van der Waals surface area (Å²) < 4.78 is 28.2. The average Bonchev–Trinajstić information content (AvgIpc) is 3.14. The maximum Gasteiger partial charge on any atom is 0.246 e. The molecule has 5 nitrogen and oxygen atoms in total. The van der Waals surface area contributed by atoms with E-state index in [-0.39, 0.29) is 23.1 Å². The summed E-state index contributed by atoms with van der Waals surface area (Å²) in [5.74, 6) is -0.284. The Bertz CT molecular complexity index is 1390. The molecule has 0 radical (unpaired) electrons. The summed E-state index contributed by atoms with van der Waals surface area (Å²) in [6, 6.07) is 21.7. The molecule has 0 fully saturated rings. The Morgan fingerprint density at radius 3 is 2.44 bits per heavy atom. The molecule has 1 aromatic heterocycles. The Morgan fingerprint density at radius 1 is 1.00 bits per heavy atom.